The molecule has 0 bridgehead atoms. The number of hydrogen-bond acceptors (Lipinski definition) is 3. The SMILES string of the molecule is CCN1CCCC(N2CCC(CN)C2)CC1. The van der Waals surface area contributed by atoms with Crippen LogP contribution in [0.3, 0.4) is 0 Å². The Bertz CT molecular complexity index is 207. The van der Waals surface area contributed by atoms with Gasteiger partial charge in [0.15, 0.2) is 0 Å². The molecule has 2 atom stereocenters. The second-order valence-electron chi connectivity index (χ2n) is 5.40. The second kappa shape index (κ2) is 5.99. The summed E-state index contributed by atoms with van der Waals surface area (Å²) in [6.45, 7) is 9.53. The summed E-state index contributed by atoms with van der Waals surface area (Å²) in [5.41, 5.74) is 5.77. The summed E-state index contributed by atoms with van der Waals surface area (Å²) >= 11 is 0. The molecule has 2 N–H and O–H groups in total. The molecule has 0 aromatic carbocycles. The summed E-state index contributed by atoms with van der Waals surface area (Å²) in [5.74, 6) is 0.769. The Labute approximate surface area is 100.0 Å². The van der Waals surface area contributed by atoms with E-state index in [0.29, 0.717) is 0 Å². The lowest BCUT2D eigenvalue weighted by atomic mass is 10.1. The molecule has 2 aliphatic heterocycles. The third-order valence-electron chi connectivity index (χ3n) is 4.40. The van der Waals surface area contributed by atoms with Gasteiger partial charge < -0.3 is 15.5 Å². The normalized spacial score (nSPS) is 34.1. The highest BCUT2D eigenvalue weighted by molar-refractivity contribution is 4.84. The lowest BCUT2D eigenvalue weighted by Gasteiger charge is -2.26. The summed E-state index contributed by atoms with van der Waals surface area (Å²) in [6.07, 6.45) is 5.46. The third-order valence-corrected chi connectivity index (χ3v) is 4.40. The van der Waals surface area contributed by atoms with Crippen molar-refractivity contribution >= 4 is 0 Å². The van der Waals surface area contributed by atoms with Gasteiger partial charge in [0.05, 0.1) is 0 Å². The predicted octanol–water partition coefficient (Wildman–Crippen LogP) is 1.14. The van der Waals surface area contributed by atoms with Crippen LogP contribution in [0.5, 0.6) is 0 Å². The number of rotatable bonds is 3. The Morgan fingerprint density at radius 3 is 2.69 bits per heavy atom. The minimum atomic E-state index is 0.769. The largest absolute Gasteiger partial charge is 0.330 e. The zero-order chi connectivity index (χ0) is 11.4. The van der Waals surface area contributed by atoms with Gasteiger partial charge in [-0.1, -0.05) is 6.92 Å². The van der Waals surface area contributed by atoms with E-state index >= 15 is 0 Å². The van der Waals surface area contributed by atoms with Gasteiger partial charge in [0.1, 0.15) is 0 Å². The van der Waals surface area contributed by atoms with Gasteiger partial charge in [-0.15, -0.1) is 0 Å². The number of hydrogen-bond donors (Lipinski definition) is 1. The molecule has 2 rings (SSSR count). The van der Waals surface area contributed by atoms with Gasteiger partial charge in [-0.05, 0) is 64.3 Å². The van der Waals surface area contributed by atoms with Crippen LogP contribution in [0.2, 0.25) is 0 Å². The first-order valence-electron chi connectivity index (χ1n) is 7.00. The van der Waals surface area contributed by atoms with Crippen molar-refractivity contribution in [2.24, 2.45) is 11.7 Å². The maximum atomic E-state index is 5.77. The Morgan fingerprint density at radius 1 is 1.12 bits per heavy atom. The number of nitrogens with zero attached hydrogens (tertiary/aromatic N) is 2. The average Bonchev–Trinajstić information content (AvgIpc) is 2.67. The summed E-state index contributed by atoms with van der Waals surface area (Å²) in [7, 11) is 0. The summed E-state index contributed by atoms with van der Waals surface area (Å²) in [4.78, 5) is 5.30. The minimum absolute atomic E-state index is 0.769. The van der Waals surface area contributed by atoms with Crippen LogP contribution in [-0.4, -0.2) is 55.1 Å². The second-order valence-corrected chi connectivity index (χ2v) is 5.40. The average molecular weight is 225 g/mol. The molecule has 0 spiro atoms. The smallest absolute Gasteiger partial charge is 0.0108 e. The third kappa shape index (κ3) is 2.96. The van der Waals surface area contributed by atoms with E-state index in [1.807, 2.05) is 0 Å². The lowest BCUT2D eigenvalue weighted by molar-refractivity contribution is 0.210. The van der Waals surface area contributed by atoms with Crippen molar-refractivity contribution in [3.05, 3.63) is 0 Å². The maximum Gasteiger partial charge on any atom is 0.0108 e. The van der Waals surface area contributed by atoms with E-state index in [-0.39, 0.29) is 0 Å². The first-order valence-corrected chi connectivity index (χ1v) is 7.00. The molecule has 0 aliphatic carbocycles. The Morgan fingerprint density at radius 2 is 2.00 bits per heavy atom. The fourth-order valence-electron chi connectivity index (χ4n) is 3.21. The molecule has 2 unspecified atom stereocenters. The molecule has 16 heavy (non-hydrogen) atoms. The fraction of sp³-hybridized carbons (Fsp3) is 1.00. The van der Waals surface area contributed by atoms with Crippen LogP contribution in [0.1, 0.15) is 32.6 Å². The van der Waals surface area contributed by atoms with E-state index in [9.17, 15) is 0 Å². The molecule has 3 heteroatoms. The first-order chi connectivity index (χ1) is 7.83. The fourth-order valence-corrected chi connectivity index (χ4v) is 3.21. The van der Waals surface area contributed by atoms with Gasteiger partial charge in [0, 0.05) is 12.6 Å². The van der Waals surface area contributed by atoms with Gasteiger partial charge in [-0.25, -0.2) is 0 Å². The van der Waals surface area contributed by atoms with E-state index in [1.165, 1.54) is 58.4 Å². The summed E-state index contributed by atoms with van der Waals surface area (Å²) in [6, 6.07) is 0.841. The van der Waals surface area contributed by atoms with Crippen molar-refractivity contribution in [3.8, 4) is 0 Å². The first kappa shape index (κ1) is 12.3. The van der Waals surface area contributed by atoms with Crippen LogP contribution >= 0.6 is 0 Å². The van der Waals surface area contributed by atoms with Gasteiger partial charge in [-0.2, -0.15) is 0 Å². The van der Waals surface area contributed by atoms with Crippen molar-refractivity contribution < 1.29 is 0 Å². The van der Waals surface area contributed by atoms with Crippen molar-refractivity contribution in [2.45, 2.75) is 38.6 Å². The lowest BCUT2D eigenvalue weighted by Crippen LogP contribution is -2.35. The zero-order valence-electron chi connectivity index (χ0n) is 10.7. The molecule has 2 fully saturated rings. The minimum Gasteiger partial charge on any atom is -0.330 e. The Kier molecular flexibility index (Phi) is 4.62. The molecule has 0 aromatic rings. The van der Waals surface area contributed by atoms with Crippen LogP contribution in [0.4, 0.5) is 0 Å². The standard InChI is InChI=1S/C13H27N3/c1-2-15-7-3-4-13(6-8-15)16-9-5-12(10-14)11-16/h12-13H,2-11,14H2,1H3. The zero-order valence-corrected chi connectivity index (χ0v) is 10.7. The summed E-state index contributed by atoms with van der Waals surface area (Å²) < 4.78 is 0. The quantitative estimate of drug-likeness (QED) is 0.782. The molecular formula is C13H27N3. The molecular weight excluding hydrogens is 198 g/mol. The molecule has 0 amide bonds. The molecule has 0 aromatic heterocycles. The van der Waals surface area contributed by atoms with Gasteiger partial charge in [0.25, 0.3) is 0 Å². The highest BCUT2D eigenvalue weighted by Crippen LogP contribution is 2.23. The molecule has 3 nitrogen and oxygen atoms in total. The van der Waals surface area contributed by atoms with Crippen LogP contribution < -0.4 is 5.73 Å². The van der Waals surface area contributed by atoms with Gasteiger partial charge in [0.2, 0.25) is 0 Å². The Balaban J connectivity index is 1.81. The van der Waals surface area contributed by atoms with Gasteiger partial charge in [-0.3, -0.25) is 0 Å². The number of likely N-dealkylation sites (tertiary alicyclic amines) is 2. The van der Waals surface area contributed by atoms with E-state index in [1.54, 1.807) is 0 Å². The molecule has 0 saturated carbocycles. The van der Waals surface area contributed by atoms with E-state index in [0.717, 1.165) is 18.5 Å². The van der Waals surface area contributed by atoms with E-state index < -0.39 is 0 Å². The summed E-state index contributed by atoms with van der Waals surface area (Å²) in [5, 5.41) is 0. The van der Waals surface area contributed by atoms with Gasteiger partial charge >= 0.3 is 0 Å². The molecule has 2 aliphatic rings. The highest BCUT2D eigenvalue weighted by Gasteiger charge is 2.28. The van der Waals surface area contributed by atoms with E-state index in [4.69, 9.17) is 5.73 Å². The highest BCUT2D eigenvalue weighted by atomic mass is 15.2. The van der Waals surface area contributed by atoms with Crippen LogP contribution in [0.25, 0.3) is 0 Å². The van der Waals surface area contributed by atoms with Crippen molar-refractivity contribution in [1.29, 1.82) is 0 Å². The molecule has 94 valence electrons. The maximum absolute atomic E-state index is 5.77. The number of nitrogens with two attached hydrogens (primary N) is 1. The van der Waals surface area contributed by atoms with E-state index in [2.05, 4.69) is 16.7 Å². The topological polar surface area (TPSA) is 32.5 Å². The van der Waals surface area contributed by atoms with Crippen LogP contribution in [0.15, 0.2) is 0 Å². The van der Waals surface area contributed by atoms with Crippen molar-refractivity contribution in [3.63, 3.8) is 0 Å². The molecule has 2 saturated heterocycles. The van der Waals surface area contributed by atoms with Crippen molar-refractivity contribution in [1.82, 2.24) is 9.80 Å². The van der Waals surface area contributed by atoms with Crippen LogP contribution in [-0.2, 0) is 0 Å². The predicted molar refractivity (Wildman–Crippen MR) is 68.5 cm³/mol. The van der Waals surface area contributed by atoms with Crippen molar-refractivity contribution in [2.75, 3.05) is 39.3 Å². The Hall–Kier alpha value is -0.120. The van der Waals surface area contributed by atoms with Crippen LogP contribution in [0, 0.1) is 5.92 Å². The molecule has 0 radical (unpaired) electrons. The monoisotopic (exact) mass is 225 g/mol. The molecule has 2 heterocycles.